The summed E-state index contributed by atoms with van der Waals surface area (Å²) in [6.07, 6.45) is 2.34. The second-order valence-corrected chi connectivity index (χ2v) is 6.83. The Morgan fingerprint density at radius 2 is 1.88 bits per heavy atom. The van der Waals surface area contributed by atoms with Gasteiger partial charge >= 0.3 is 0 Å². The second kappa shape index (κ2) is 7.16. The minimum absolute atomic E-state index is 0.0903. The summed E-state index contributed by atoms with van der Waals surface area (Å²) in [5.74, 6) is 1.21. The molecule has 0 radical (unpaired) electrons. The van der Waals surface area contributed by atoms with Crippen LogP contribution in [0.25, 0.3) is 10.9 Å². The number of aromatic nitrogens is 1. The van der Waals surface area contributed by atoms with Gasteiger partial charge in [0.2, 0.25) is 5.91 Å². The summed E-state index contributed by atoms with van der Waals surface area (Å²) in [4.78, 5) is 18.3. The molecule has 1 amide bonds. The van der Waals surface area contributed by atoms with Gasteiger partial charge in [-0.15, -0.1) is 0 Å². The maximum atomic E-state index is 12.3. The van der Waals surface area contributed by atoms with Gasteiger partial charge in [-0.05, 0) is 24.1 Å². The van der Waals surface area contributed by atoms with E-state index in [0.29, 0.717) is 6.42 Å². The van der Waals surface area contributed by atoms with Crippen LogP contribution in [-0.2, 0) is 17.8 Å². The molecule has 0 spiro atoms. The highest BCUT2D eigenvalue weighted by atomic mass is 16.1. The molecule has 0 atom stereocenters. The molecule has 0 saturated heterocycles. The number of H-pyrrole nitrogens is 1. The van der Waals surface area contributed by atoms with Crippen LogP contribution in [-0.4, -0.2) is 12.5 Å². The molecule has 1 aromatic heterocycles. The Balaban J connectivity index is 1.75. The fourth-order valence-corrected chi connectivity index (χ4v) is 3.70. The van der Waals surface area contributed by atoms with E-state index < -0.39 is 0 Å². The summed E-state index contributed by atoms with van der Waals surface area (Å²) < 4.78 is 0. The molecule has 1 aliphatic heterocycles. The summed E-state index contributed by atoms with van der Waals surface area (Å²) in [6, 6.07) is 18.7. The van der Waals surface area contributed by atoms with E-state index in [9.17, 15) is 4.79 Å². The van der Waals surface area contributed by atoms with E-state index in [2.05, 4.69) is 51.6 Å². The number of pyridine rings is 1. The van der Waals surface area contributed by atoms with E-state index in [1.807, 2.05) is 25.1 Å². The lowest BCUT2D eigenvalue weighted by Crippen LogP contribution is -2.26. The number of para-hydroxylation sites is 1. The fourth-order valence-electron chi connectivity index (χ4n) is 3.70. The van der Waals surface area contributed by atoms with Crippen molar-refractivity contribution in [3.63, 3.8) is 0 Å². The zero-order chi connectivity index (χ0) is 17.9. The molecular weight excluding hydrogens is 322 g/mol. The average molecular weight is 346 g/mol. The predicted molar refractivity (Wildman–Crippen MR) is 105 cm³/mol. The molecule has 3 aromatic rings. The lowest BCUT2D eigenvalue weighted by molar-refractivity contribution is -0.330. The number of amides is 1. The molecule has 0 fully saturated rings. The predicted octanol–water partition coefficient (Wildman–Crippen LogP) is 3.96. The zero-order valence-electron chi connectivity index (χ0n) is 15.1. The van der Waals surface area contributed by atoms with Gasteiger partial charge in [-0.2, -0.15) is 0 Å². The Labute approximate surface area is 153 Å². The number of rotatable bonds is 5. The number of carbonyl (C=O) groups excluding carboxylic acids is 1. The van der Waals surface area contributed by atoms with Crippen LogP contribution in [0.3, 0.4) is 0 Å². The number of hydrogen-bond donors (Lipinski definition) is 1. The van der Waals surface area contributed by atoms with Crippen LogP contribution in [0.4, 0.5) is 11.5 Å². The normalized spacial score (nSPS) is 13.0. The lowest BCUT2D eigenvalue weighted by Gasteiger charge is -2.14. The van der Waals surface area contributed by atoms with Crippen LogP contribution in [0, 0.1) is 0 Å². The molecule has 1 aliphatic rings. The first-order chi connectivity index (χ1) is 12.8. The minimum atomic E-state index is 0.0903. The van der Waals surface area contributed by atoms with E-state index in [4.69, 9.17) is 0 Å². The molecule has 0 saturated carbocycles. The SMILES string of the molecule is CCCC(=O)Nc1c2c([nH+]c3ccccc13)N(Cc1ccccc1)CC2. The molecule has 26 heavy (non-hydrogen) atoms. The maximum absolute atomic E-state index is 12.3. The number of hydrogen-bond acceptors (Lipinski definition) is 2. The summed E-state index contributed by atoms with van der Waals surface area (Å²) in [5.41, 5.74) is 4.53. The third-order valence-electron chi connectivity index (χ3n) is 4.94. The number of fused-ring (bicyclic) bond motifs is 2. The zero-order valence-corrected chi connectivity index (χ0v) is 15.1. The third kappa shape index (κ3) is 3.15. The van der Waals surface area contributed by atoms with Crippen LogP contribution in [0.2, 0.25) is 0 Å². The highest BCUT2D eigenvalue weighted by Crippen LogP contribution is 2.35. The van der Waals surface area contributed by atoms with Gasteiger partial charge in [-0.3, -0.25) is 9.69 Å². The standard InChI is InChI=1S/C22H23N3O/c1-2-8-20(26)24-21-17-11-6-7-12-19(17)23-22-18(21)13-14-25(22)15-16-9-4-3-5-10-16/h3-7,9-12H,2,8,13-15H2,1H3,(H,23,24,26)/p+1. The topological polar surface area (TPSA) is 46.5 Å². The number of nitrogens with zero attached hydrogens (tertiary/aromatic N) is 1. The molecule has 4 rings (SSSR count). The Kier molecular flexibility index (Phi) is 4.57. The number of nitrogens with one attached hydrogen (secondary N) is 2. The number of aromatic amines is 1. The summed E-state index contributed by atoms with van der Waals surface area (Å²) in [6.45, 7) is 3.85. The van der Waals surface area contributed by atoms with Gasteiger partial charge in [0, 0.05) is 18.2 Å². The summed E-state index contributed by atoms with van der Waals surface area (Å²) >= 11 is 0. The molecule has 0 bridgehead atoms. The Morgan fingerprint density at radius 3 is 2.69 bits per heavy atom. The highest BCUT2D eigenvalue weighted by Gasteiger charge is 2.32. The van der Waals surface area contributed by atoms with Crippen LogP contribution in [0.15, 0.2) is 54.6 Å². The van der Waals surface area contributed by atoms with Crippen molar-refractivity contribution in [1.82, 2.24) is 0 Å². The van der Waals surface area contributed by atoms with Gasteiger partial charge in [-0.25, -0.2) is 4.98 Å². The van der Waals surface area contributed by atoms with Crippen molar-refractivity contribution in [3.8, 4) is 0 Å². The average Bonchev–Trinajstić information content (AvgIpc) is 3.05. The van der Waals surface area contributed by atoms with E-state index in [1.165, 1.54) is 11.1 Å². The molecule has 2 N–H and O–H groups in total. The van der Waals surface area contributed by atoms with Gasteiger partial charge in [0.15, 0.2) is 0 Å². The van der Waals surface area contributed by atoms with Crippen molar-refractivity contribution < 1.29 is 9.78 Å². The lowest BCUT2D eigenvalue weighted by atomic mass is 10.1. The number of carbonyl (C=O) groups is 1. The quantitative estimate of drug-likeness (QED) is 0.760. The molecular formula is C22H24N3O+. The molecule has 2 aromatic carbocycles. The van der Waals surface area contributed by atoms with Crippen molar-refractivity contribution in [2.45, 2.75) is 32.7 Å². The Hall–Kier alpha value is -2.88. The monoisotopic (exact) mass is 346 g/mol. The van der Waals surface area contributed by atoms with Gasteiger partial charge in [-0.1, -0.05) is 49.4 Å². The minimum Gasteiger partial charge on any atom is -0.325 e. The van der Waals surface area contributed by atoms with Gasteiger partial charge in [0.25, 0.3) is 5.82 Å². The molecule has 0 aliphatic carbocycles. The van der Waals surface area contributed by atoms with Gasteiger partial charge in [0.1, 0.15) is 12.1 Å². The fraction of sp³-hybridized carbons (Fsp3) is 0.273. The summed E-state index contributed by atoms with van der Waals surface area (Å²) in [7, 11) is 0. The molecule has 0 unspecified atom stereocenters. The van der Waals surface area contributed by atoms with Crippen LogP contribution >= 0.6 is 0 Å². The number of anilines is 2. The van der Waals surface area contributed by atoms with E-state index in [0.717, 1.165) is 48.3 Å². The van der Waals surface area contributed by atoms with Crippen molar-refractivity contribution in [3.05, 3.63) is 65.7 Å². The highest BCUT2D eigenvalue weighted by molar-refractivity contribution is 6.02. The van der Waals surface area contributed by atoms with Crippen molar-refractivity contribution in [2.24, 2.45) is 0 Å². The third-order valence-corrected chi connectivity index (χ3v) is 4.94. The van der Waals surface area contributed by atoms with E-state index in [1.54, 1.807) is 0 Å². The molecule has 132 valence electrons. The van der Waals surface area contributed by atoms with Gasteiger partial charge in [0.05, 0.1) is 17.8 Å². The van der Waals surface area contributed by atoms with Crippen molar-refractivity contribution in [1.29, 1.82) is 0 Å². The van der Waals surface area contributed by atoms with Crippen LogP contribution in [0.5, 0.6) is 0 Å². The van der Waals surface area contributed by atoms with E-state index >= 15 is 0 Å². The summed E-state index contributed by atoms with van der Waals surface area (Å²) in [5, 5.41) is 4.27. The van der Waals surface area contributed by atoms with Crippen molar-refractivity contribution >= 4 is 28.3 Å². The van der Waals surface area contributed by atoms with Crippen molar-refractivity contribution in [2.75, 3.05) is 16.8 Å². The van der Waals surface area contributed by atoms with E-state index in [-0.39, 0.29) is 5.91 Å². The molecule has 2 heterocycles. The smallest absolute Gasteiger partial charge is 0.280 e. The Morgan fingerprint density at radius 1 is 1.12 bits per heavy atom. The molecule has 4 heteroatoms. The first kappa shape index (κ1) is 16.6. The number of benzene rings is 2. The van der Waals surface area contributed by atoms with Crippen LogP contribution < -0.4 is 15.2 Å². The molecule has 4 nitrogen and oxygen atoms in total. The van der Waals surface area contributed by atoms with Crippen LogP contribution in [0.1, 0.15) is 30.9 Å². The second-order valence-electron chi connectivity index (χ2n) is 6.83. The Bertz CT molecular complexity index is 937. The maximum Gasteiger partial charge on any atom is 0.280 e. The van der Waals surface area contributed by atoms with Gasteiger partial charge < -0.3 is 5.32 Å². The first-order valence-electron chi connectivity index (χ1n) is 9.32. The first-order valence-corrected chi connectivity index (χ1v) is 9.32. The largest absolute Gasteiger partial charge is 0.325 e.